The van der Waals surface area contributed by atoms with Crippen molar-refractivity contribution in [1.29, 1.82) is 0 Å². The third-order valence-corrected chi connectivity index (χ3v) is 5.80. The first kappa shape index (κ1) is 20.0. The van der Waals surface area contributed by atoms with Crippen LogP contribution in [0.15, 0.2) is 59.1 Å². The van der Waals surface area contributed by atoms with Crippen LogP contribution < -0.4 is 5.32 Å². The molecule has 4 aromatic rings. The van der Waals surface area contributed by atoms with Gasteiger partial charge in [-0.2, -0.15) is 4.98 Å². The Labute approximate surface area is 184 Å². The number of likely N-dealkylation sites (tertiary alicyclic amines) is 1. The number of aromatic nitrogens is 3. The summed E-state index contributed by atoms with van der Waals surface area (Å²) >= 11 is 0. The van der Waals surface area contributed by atoms with Gasteiger partial charge in [0.25, 0.3) is 5.91 Å². The normalized spacial score (nSPS) is 14.6. The molecule has 0 spiro atoms. The van der Waals surface area contributed by atoms with Gasteiger partial charge in [0.2, 0.25) is 17.6 Å². The quantitative estimate of drug-likeness (QED) is 0.506. The molecule has 1 aliphatic heterocycles. The number of amides is 2. The molecule has 162 valence electrons. The number of fused-ring (bicyclic) bond motifs is 1. The second-order valence-corrected chi connectivity index (χ2v) is 8.05. The minimum Gasteiger partial charge on any atom is -0.351 e. The molecule has 0 saturated carbocycles. The van der Waals surface area contributed by atoms with Crippen LogP contribution in [0.25, 0.3) is 22.3 Å². The lowest BCUT2D eigenvalue weighted by Gasteiger charge is -2.30. The number of nitrogens with zero attached hydrogens (tertiary/aromatic N) is 3. The van der Waals surface area contributed by atoms with Crippen LogP contribution in [0.4, 0.5) is 5.69 Å². The van der Waals surface area contributed by atoms with E-state index in [1.165, 1.54) is 6.92 Å². The number of piperidine rings is 1. The highest BCUT2D eigenvalue weighted by molar-refractivity contribution is 5.98. The van der Waals surface area contributed by atoms with Crippen molar-refractivity contribution in [3.63, 3.8) is 0 Å². The number of H-pyrrole nitrogens is 1. The van der Waals surface area contributed by atoms with E-state index >= 15 is 0 Å². The Morgan fingerprint density at radius 3 is 2.56 bits per heavy atom. The number of anilines is 1. The number of benzene rings is 2. The van der Waals surface area contributed by atoms with E-state index in [0.717, 1.165) is 35.0 Å². The Hall–Kier alpha value is -3.94. The average molecular weight is 429 g/mol. The Balaban J connectivity index is 1.22. The SMILES string of the molecule is CC(=O)Nc1ccc(-c2noc(C3CCN(C(=O)c4cc5ccccc5[nH]4)CC3)n2)cc1. The number of hydrogen-bond acceptors (Lipinski definition) is 5. The first-order chi connectivity index (χ1) is 15.6. The molecule has 32 heavy (non-hydrogen) atoms. The van der Waals surface area contributed by atoms with Crippen LogP contribution in [0.1, 0.15) is 42.1 Å². The van der Waals surface area contributed by atoms with Crippen LogP contribution in [0.3, 0.4) is 0 Å². The van der Waals surface area contributed by atoms with E-state index in [4.69, 9.17) is 4.52 Å². The maximum Gasteiger partial charge on any atom is 0.270 e. The zero-order valence-corrected chi connectivity index (χ0v) is 17.7. The van der Waals surface area contributed by atoms with Crippen molar-refractivity contribution in [3.8, 4) is 11.4 Å². The van der Waals surface area contributed by atoms with Crippen LogP contribution in [-0.4, -0.2) is 44.9 Å². The molecule has 2 aromatic heterocycles. The molecule has 0 radical (unpaired) electrons. The number of carbonyl (C=O) groups is 2. The molecular weight excluding hydrogens is 406 g/mol. The maximum atomic E-state index is 12.9. The lowest BCUT2D eigenvalue weighted by molar-refractivity contribution is -0.114. The van der Waals surface area contributed by atoms with Crippen LogP contribution in [0.2, 0.25) is 0 Å². The monoisotopic (exact) mass is 429 g/mol. The van der Waals surface area contributed by atoms with Gasteiger partial charge in [0.05, 0.1) is 0 Å². The smallest absolute Gasteiger partial charge is 0.270 e. The lowest BCUT2D eigenvalue weighted by atomic mass is 9.96. The van der Waals surface area contributed by atoms with Crippen molar-refractivity contribution in [1.82, 2.24) is 20.0 Å². The maximum absolute atomic E-state index is 12.9. The van der Waals surface area contributed by atoms with E-state index < -0.39 is 0 Å². The molecule has 0 unspecified atom stereocenters. The highest BCUT2D eigenvalue weighted by Crippen LogP contribution is 2.29. The van der Waals surface area contributed by atoms with Crippen molar-refractivity contribution < 1.29 is 14.1 Å². The highest BCUT2D eigenvalue weighted by atomic mass is 16.5. The van der Waals surface area contributed by atoms with E-state index in [9.17, 15) is 9.59 Å². The number of nitrogens with one attached hydrogen (secondary N) is 2. The average Bonchev–Trinajstić information content (AvgIpc) is 3.46. The van der Waals surface area contributed by atoms with Gasteiger partial charge in [-0.15, -0.1) is 0 Å². The summed E-state index contributed by atoms with van der Waals surface area (Å²) in [7, 11) is 0. The number of aromatic amines is 1. The predicted octanol–water partition coefficient (Wildman–Crippen LogP) is 4.20. The fraction of sp³-hybridized carbons (Fsp3) is 0.250. The van der Waals surface area contributed by atoms with Crippen LogP contribution in [0, 0.1) is 0 Å². The Kier molecular flexibility index (Phi) is 5.18. The van der Waals surface area contributed by atoms with Crippen LogP contribution >= 0.6 is 0 Å². The van der Waals surface area contributed by atoms with E-state index in [1.807, 2.05) is 47.4 Å². The molecule has 1 fully saturated rings. The molecule has 0 atom stereocenters. The molecule has 1 saturated heterocycles. The van der Waals surface area contributed by atoms with Crippen molar-refractivity contribution in [2.45, 2.75) is 25.7 Å². The second kappa shape index (κ2) is 8.30. The summed E-state index contributed by atoms with van der Waals surface area (Å²) < 4.78 is 5.53. The third-order valence-electron chi connectivity index (χ3n) is 5.80. The summed E-state index contributed by atoms with van der Waals surface area (Å²) in [4.78, 5) is 33.7. The van der Waals surface area contributed by atoms with Gasteiger partial charge in [0.15, 0.2) is 0 Å². The Morgan fingerprint density at radius 2 is 1.84 bits per heavy atom. The van der Waals surface area contributed by atoms with Crippen molar-refractivity contribution in [2.24, 2.45) is 0 Å². The second-order valence-electron chi connectivity index (χ2n) is 8.05. The first-order valence-corrected chi connectivity index (χ1v) is 10.7. The van der Waals surface area contributed by atoms with Gasteiger partial charge < -0.3 is 19.7 Å². The molecule has 8 heteroatoms. The Bertz CT molecular complexity index is 1230. The molecule has 2 N–H and O–H groups in total. The molecule has 2 amide bonds. The molecule has 1 aliphatic rings. The number of rotatable bonds is 4. The first-order valence-electron chi connectivity index (χ1n) is 10.7. The summed E-state index contributed by atoms with van der Waals surface area (Å²) in [6.45, 7) is 2.75. The summed E-state index contributed by atoms with van der Waals surface area (Å²) in [6.07, 6.45) is 1.55. The standard InChI is InChI=1S/C24H23N5O3/c1-15(30)25-19-8-6-16(7-9-19)22-27-23(32-28-22)17-10-12-29(13-11-17)24(31)21-14-18-4-2-3-5-20(18)26-21/h2-9,14,17,26H,10-13H2,1H3,(H,25,30). The van der Waals surface area contributed by atoms with Gasteiger partial charge in [-0.3, -0.25) is 9.59 Å². The molecular formula is C24H23N5O3. The number of carbonyl (C=O) groups excluding carboxylic acids is 2. The van der Waals surface area contributed by atoms with Crippen molar-refractivity contribution in [2.75, 3.05) is 18.4 Å². The zero-order valence-electron chi connectivity index (χ0n) is 17.7. The fourth-order valence-electron chi connectivity index (χ4n) is 4.11. The number of para-hydroxylation sites is 1. The molecule has 0 bridgehead atoms. The summed E-state index contributed by atoms with van der Waals surface area (Å²) in [6, 6.07) is 17.1. The zero-order chi connectivity index (χ0) is 22.1. The molecule has 3 heterocycles. The van der Waals surface area contributed by atoms with Gasteiger partial charge in [0, 0.05) is 48.1 Å². The van der Waals surface area contributed by atoms with Crippen molar-refractivity contribution >= 4 is 28.4 Å². The van der Waals surface area contributed by atoms with Gasteiger partial charge in [-0.1, -0.05) is 23.4 Å². The van der Waals surface area contributed by atoms with Gasteiger partial charge in [-0.25, -0.2) is 0 Å². The summed E-state index contributed by atoms with van der Waals surface area (Å²) in [5.41, 5.74) is 3.12. The molecule has 0 aliphatic carbocycles. The van der Waals surface area contributed by atoms with Gasteiger partial charge >= 0.3 is 0 Å². The van der Waals surface area contributed by atoms with E-state index in [0.29, 0.717) is 30.5 Å². The fourth-order valence-corrected chi connectivity index (χ4v) is 4.11. The van der Waals surface area contributed by atoms with Gasteiger partial charge in [0.1, 0.15) is 5.69 Å². The Morgan fingerprint density at radius 1 is 1.09 bits per heavy atom. The number of hydrogen-bond donors (Lipinski definition) is 2. The molecule has 5 rings (SSSR count). The van der Waals surface area contributed by atoms with Crippen LogP contribution in [-0.2, 0) is 4.79 Å². The van der Waals surface area contributed by atoms with E-state index in [1.54, 1.807) is 12.1 Å². The highest BCUT2D eigenvalue weighted by Gasteiger charge is 2.28. The minimum absolute atomic E-state index is 0.0186. The largest absolute Gasteiger partial charge is 0.351 e. The minimum atomic E-state index is -0.117. The van der Waals surface area contributed by atoms with Crippen molar-refractivity contribution in [3.05, 3.63) is 66.2 Å². The molecule has 2 aromatic carbocycles. The molecule has 8 nitrogen and oxygen atoms in total. The summed E-state index contributed by atoms with van der Waals surface area (Å²) in [5, 5.41) is 7.89. The van der Waals surface area contributed by atoms with E-state index in [-0.39, 0.29) is 17.7 Å². The lowest BCUT2D eigenvalue weighted by Crippen LogP contribution is -2.38. The third kappa shape index (κ3) is 3.99. The van der Waals surface area contributed by atoms with Crippen LogP contribution in [0.5, 0.6) is 0 Å². The summed E-state index contributed by atoms with van der Waals surface area (Å²) in [5.74, 6) is 1.15. The van der Waals surface area contributed by atoms with E-state index in [2.05, 4.69) is 20.4 Å². The van der Waals surface area contributed by atoms with Gasteiger partial charge in [-0.05, 0) is 49.2 Å². The topological polar surface area (TPSA) is 104 Å². The predicted molar refractivity (Wildman–Crippen MR) is 120 cm³/mol.